The number of amidine groups is 3. The van der Waals surface area contributed by atoms with Gasteiger partial charge in [-0.05, 0) is 43.2 Å². The number of hydrogen-bond donors (Lipinski definition) is 1. The number of carbonyl (C=O) groups excluding carboxylic acids is 2. The Labute approximate surface area is 206 Å². The maximum atomic E-state index is 12.8. The van der Waals surface area contributed by atoms with Crippen LogP contribution in [-0.2, 0) is 19.4 Å². The van der Waals surface area contributed by atoms with Crippen molar-refractivity contribution < 1.29 is 27.2 Å². The number of fused-ring (bicyclic) bond motifs is 1. The second kappa shape index (κ2) is 9.62. The van der Waals surface area contributed by atoms with Crippen molar-refractivity contribution in [1.82, 2.24) is 4.90 Å². The van der Waals surface area contributed by atoms with Crippen molar-refractivity contribution in [3.63, 3.8) is 0 Å². The summed E-state index contributed by atoms with van der Waals surface area (Å²) >= 11 is 0.747. The zero-order valence-electron chi connectivity index (χ0n) is 19.1. The van der Waals surface area contributed by atoms with Gasteiger partial charge in [0.25, 0.3) is 5.91 Å². The lowest BCUT2D eigenvalue weighted by Gasteiger charge is -2.24. The van der Waals surface area contributed by atoms with Crippen LogP contribution in [0.2, 0.25) is 0 Å². The number of aliphatic imine (C=N–C) groups is 1. The molecule has 0 saturated heterocycles. The van der Waals surface area contributed by atoms with Crippen molar-refractivity contribution >= 4 is 55.9 Å². The molecular weight excluding hydrogens is 492 g/mol. The first-order valence-electron chi connectivity index (χ1n) is 10.7. The molecule has 0 radical (unpaired) electrons. The SMILES string of the molecule is CCOC(=O)c1cccc(-c2ccc(/C=C3/C(=N)N4C(=NC3=O)SN=C4S(=O)(=O)CC(C)C)o2)c1. The highest BCUT2D eigenvalue weighted by Crippen LogP contribution is 2.31. The van der Waals surface area contributed by atoms with E-state index in [-0.39, 0.29) is 45.8 Å². The van der Waals surface area contributed by atoms with Gasteiger partial charge in [-0.3, -0.25) is 10.2 Å². The quantitative estimate of drug-likeness (QED) is 0.349. The molecule has 0 saturated carbocycles. The van der Waals surface area contributed by atoms with Crippen LogP contribution in [0.15, 0.2) is 55.8 Å². The average molecular weight is 515 g/mol. The molecule has 0 atom stereocenters. The van der Waals surface area contributed by atoms with Gasteiger partial charge in [-0.25, -0.2) is 18.1 Å². The minimum atomic E-state index is -3.79. The van der Waals surface area contributed by atoms with Gasteiger partial charge in [0.2, 0.25) is 20.2 Å². The van der Waals surface area contributed by atoms with Gasteiger partial charge in [0.05, 0.1) is 35.4 Å². The summed E-state index contributed by atoms with van der Waals surface area (Å²) in [5.74, 6) is -1.11. The van der Waals surface area contributed by atoms with Gasteiger partial charge < -0.3 is 9.15 Å². The third-order valence-electron chi connectivity index (χ3n) is 4.90. The fraction of sp³-hybridized carbons (Fsp3) is 0.261. The van der Waals surface area contributed by atoms with Crippen molar-refractivity contribution in [3.8, 4) is 11.3 Å². The van der Waals surface area contributed by atoms with E-state index in [2.05, 4.69) is 9.39 Å². The second-order valence-electron chi connectivity index (χ2n) is 8.09. The lowest BCUT2D eigenvalue weighted by atomic mass is 10.1. The number of hydrogen-bond acceptors (Lipinski definition) is 9. The molecule has 3 heterocycles. The van der Waals surface area contributed by atoms with Crippen LogP contribution in [0, 0.1) is 11.3 Å². The zero-order valence-corrected chi connectivity index (χ0v) is 20.8. The van der Waals surface area contributed by atoms with E-state index < -0.39 is 21.7 Å². The lowest BCUT2D eigenvalue weighted by molar-refractivity contribution is -0.114. The van der Waals surface area contributed by atoms with Crippen molar-refractivity contribution in [2.24, 2.45) is 15.3 Å². The molecule has 1 N–H and O–H groups in total. The number of nitrogens with zero attached hydrogens (tertiary/aromatic N) is 3. The van der Waals surface area contributed by atoms with Crippen LogP contribution >= 0.6 is 11.9 Å². The van der Waals surface area contributed by atoms with Gasteiger partial charge in [0.15, 0.2) is 0 Å². The van der Waals surface area contributed by atoms with E-state index in [4.69, 9.17) is 14.6 Å². The monoisotopic (exact) mass is 514 g/mol. The molecule has 2 aliphatic rings. The number of amides is 1. The summed E-state index contributed by atoms with van der Waals surface area (Å²) in [4.78, 5) is 29.6. The first-order valence-corrected chi connectivity index (χ1v) is 13.1. The highest BCUT2D eigenvalue weighted by Gasteiger charge is 2.42. The van der Waals surface area contributed by atoms with Gasteiger partial charge in [0.1, 0.15) is 17.4 Å². The van der Waals surface area contributed by atoms with Gasteiger partial charge >= 0.3 is 5.97 Å². The van der Waals surface area contributed by atoms with Crippen LogP contribution < -0.4 is 0 Å². The Morgan fingerprint density at radius 3 is 2.77 bits per heavy atom. The third kappa shape index (κ3) is 4.98. The summed E-state index contributed by atoms with van der Waals surface area (Å²) < 4.78 is 40.4. The zero-order chi connectivity index (χ0) is 25.3. The van der Waals surface area contributed by atoms with Gasteiger partial charge in [0, 0.05) is 5.56 Å². The molecule has 2 aliphatic heterocycles. The number of benzene rings is 1. The lowest BCUT2D eigenvalue weighted by Crippen LogP contribution is -2.46. The summed E-state index contributed by atoms with van der Waals surface area (Å²) in [6, 6.07) is 9.97. The average Bonchev–Trinajstić information content (AvgIpc) is 3.44. The van der Waals surface area contributed by atoms with Crippen LogP contribution in [-0.4, -0.2) is 53.7 Å². The number of nitrogens with one attached hydrogen (secondary N) is 1. The van der Waals surface area contributed by atoms with Crippen LogP contribution in [0.5, 0.6) is 0 Å². The molecule has 0 aliphatic carbocycles. The minimum absolute atomic E-state index is 0.0235. The largest absolute Gasteiger partial charge is 0.462 e. The first kappa shape index (κ1) is 24.6. The van der Waals surface area contributed by atoms with Gasteiger partial charge in [-0.2, -0.15) is 9.39 Å². The summed E-state index contributed by atoms with van der Waals surface area (Å²) in [5.41, 5.74) is 0.855. The topological polar surface area (TPSA) is 142 Å². The molecule has 35 heavy (non-hydrogen) atoms. The Kier molecular flexibility index (Phi) is 6.77. The predicted molar refractivity (Wildman–Crippen MR) is 134 cm³/mol. The Morgan fingerprint density at radius 2 is 2.06 bits per heavy atom. The summed E-state index contributed by atoms with van der Waals surface area (Å²) in [7, 11) is -3.79. The van der Waals surface area contributed by atoms with E-state index in [1.807, 2.05) is 0 Å². The Balaban J connectivity index is 1.63. The fourth-order valence-corrected chi connectivity index (χ4v) is 6.19. The number of esters is 1. The highest BCUT2D eigenvalue weighted by atomic mass is 32.2. The van der Waals surface area contributed by atoms with Crippen molar-refractivity contribution in [3.05, 3.63) is 53.3 Å². The van der Waals surface area contributed by atoms with Gasteiger partial charge in [-0.1, -0.05) is 26.0 Å². The molecular formula is C23H22N4O6S2. The molecule has 182 valence electrons. The molecule has 1 aromatic heterocycles. The molecule has 0 unspecified atom stereocenters. The molecule has 0 fully saturated rings. The van der Waals surface area contributed by atoms with E-state index in [0.29, 0.717) is 16.9 Å². The van der Waals surface area contributed by atoms with Crippen molar-refractivity contribution in [2.75, 3.05) is 12.4 Å². The second-order valence-corrected chi connectivity index (χ2v) is 10.7. The van der Waals surface area contributed by atoms with E-state index in [1.54, 1.807) is 57.2 Å². The standard InChI is InChI=1S/C23H22N4O6S2/c1-4-32-21(29)15-7-5-6-14(10-15)18-9-8-16(33-18)11-17-19(24)27-22(25-20(17)28)34-26-23(27)35(30,31)12-13(2)3/h5-11,13,24H,4,12H2,1-3H3/b17-11-,24-19?. The summed E-state index contributed by atoms with van der Waals surface area (Å²) in [6.07, 6.45) is 1.33. The van der Waals surface area contributed by atoms with Crippen LogP contribution in [0.4, 0.5) is 0 Å². The fourth-order valence-electron chi connectivity index (χ4n) is 3.45. The maximum Gasteiger partial charge on any atom is 0.338 e. The number of sulfone groups is 1. The molecule has 10 nitrogen and oxygen atoms in total. The van der Waals surface area contributed by atoms with E-state index >= 15 is 0 Å². The molecule has 4 rings (SSSR count). The number of ether oxygens (including phenoxy) is 1. The molecule has 0 spiro atoms. The summed E-state index contributed by atoms with van der Waals surface area (Å²) in [6.45, 7) is 5.51. The highest BCUT2D eigenvalue weighted by molar-refractivity contribution is 8.16. The van der Waals surface area contributed by atoms with Crippen LogP contribution in [0.3, 0.4) is 0 Å². The molecule has 1 aromatic carbocycles. The molecule has 0 bridgehead atoms. The molecule has 2 aromatic rings. The third-order valence-corrected chi connectivity index (χ3v) is 7.65. The maximum absolute atomic E-state index is 12.8. The van der Waals surface area contributed by atoms with Crippen molar-refractivity contribution in [2.45, 2.75) is 20.8 Å². The molecule has 1 amide bonds. The van der Waals surface area contributed by atoms with Crippen LogP contribution in [0.1, 0.15) is 36.9 Å². The Hall–Kier alpha value is -3.51. The van der Waals surface area contributed by atoms with E-state index in [9.17, 15) is 18.0 Å². The number of rotatable bonds is 6. The predicted octanol–water partition coefficient (Wildman–Crippen LogP) is 3.77. The number of carbonyl (C=O) groups is 2. The van der Waals surface area contributed by atoms with Crippen molar-refractivity contribution in [1.29, 1.82) is 5.41 Å². The van der Waals surface area contributed by atoms with E-state index in [0.717, 1.165) is 16.8 Å². The normalized spacial score (nSPS) is 17.0. The van der Waals surface area contributed by atoms with Crippen LogP contribution in [0.25, 0.3) is 17.4 Å². The van der Waals surface area contributed by atoms with Gasteiger partial charge in [-0.15, -0.1) is 0 Å². The number of furan rings is 1. The van der Waals surface area contributed by atoms with E-state index in [1.165, 1.54) is 6.08 Å². The minimum Gasteiger partial charge on any atom is -0.462 e. The Bertz CT molecular complexity index is 1420. The first-order chi connectivity index (χ1) is 16.6. The smallest absolute Gasteiger partial charge is 0.338 e. The molecule has 12 heteroatoms. The Morgan fingerprint density at radius 1 is 1.29 bits per heavy atom. The summed E-state index contributed by atoms with van der Waals surface area (Å²) in [5, 5.41) is 8.25.